The third kappa shape index (κ3) is 2.28. The van der Waals surface area contributed by atoms with Gasteiger partial charge in [0.25, 0.3) is 10.2 Å². The summed E-state index contributed by atoms with van der Waals surface area (Å²) in [5, 5.41) is 9.68. The van der Waals surface area contributed by atoms with E-state index in [-0.39, 0.29) is 11.5 Å². The molecule has 0 aromatic carbocycles. The van der Waals surface area contributed by atoms with Crippen LogP contribution in [-0.4, -0.2) is 58.5 Å². The lowest BCUT2D eigenvalue weighted by Gasteiger charge is -2.60. The molecule has 0 radical (unpaired) electrons. The summed E-state index contributed by atoms with van der Waals surface area (Å²) in [6, 6.07) is -0.0153. The first-order valence-electron chi connectivity index (χ1n) is 7.14. The lowest BCUT2D eigenvalue weighted by Crippen LogP contribution is -2.67. The molecule has 2 N–H and O–H groups in total. The molecule has 1 saturated carbocycles. The van der Waals surface area contributed by atoms with E-state index < -0.39 is 10.2 Å². The minimum Gasteiger partial charge on any atom is -0.352 e. The molecule has 3 heterocycles. The van der Waals surface area contributed by atoms with E-state index in [1.165, 1.54) is 17.7 Å². The molecular formula is C12H16ClN7O2S. The molecule has 2 fully saturated rings. The Hall–Kier alpha value is -1.49. The Bertz CT molecular complexity index is 869. The zero-order valence-electron chi connectivity index (χ0n) is 12.4. The van der Waals surface area contributed by atoms with E-state index in [0.717, 1.165) is 31.7 Å². The maximum absolute atomic E-state index is 11.4. The van der Waals surface area contributed by atoms with E-state index in [2.05, 4.69) is 20.0 Å². The lowest BCUT2D eigenvalue weighted by molar-refractivity contribution is 0.0207. The van der Waals surface area contributed by atoms with Gasteiger partial charge in [-0.05, 0) is 12.8 Å². The summed E-state index contributed by atoms with van der Waals surface area (Å²) in [7, 11) is -2.09. The van der Waals surface area contributed by atoms with E-state index in [4.69, 9.17) is 16.7 Å². The van der Waals surface area contributed by atoms with Gasteiger partial charge in [0.2, 0.25) is 0 Å². The van der Waals surface area contributed by atoms with Gasteiger partial charge >= 0.3 is 0 Å². The van der Waals surface area contributed by atoms with Crippen molar-refractivity contribution < 1.29 is 8.42 Å². The minimum absolute atomic E-state index is 0.0153. The number of halogens is 1. The van der Waals surface area contributed by atoms with Crippen molar-refractivity contribution in [2.75, 3.05) is 25.0 Å². The number of nitrogens with zero attached hydrogens (tertiary/aromatic N) is 6. The van der Waals surface area contributed by atoms with Gasteiger partial charge in [0.15, 0.2) is 16.6 Å². The Morgan fingerprint density at radius 1 is 1.39 bits per heavy atom. The smallest absolute Gasteiger partial charge is 0.276 e. The Morgan fingerprint density at radius 2 is 2.09 bits per heavy atom. The van der Waals surface area contributed by atoms with E-state index >= 15 is 0 Å². The van der Waals surface area contributed by atoms with Gasteiger partial charge < -0.3 is 4.90 Å². The van der Waals surface area contributed by atoms with Gasteiger partial charge in [-0.2, -0.15) is 22.3 Å². The standard InChI is InChI=1S/C12H16ClN7O2S/c1-18(23(14,21)22)8-2-12(3-8)5-19(6-12)10-11-15-4-9(13)20(11)17-7-16-10/h4,7-8H,2-3,5-6H2,1H3,(H2,14,21,22). The van der Waals surface area contributed by atoms with Crippen LogP contribution in [0, 0.1) is 5.41 Å². The highest BCUT2D eigenvalue weighted by atomic mass is 35.5. The van der Waals surface area contributed by atoms with Crippen LogP contribution in [0.3, 0.4) is 0 Å². The van der Waals surface area contributed by atoms with Crippen LogP contribution in [0.4, 0.5) is 5.82 Å². The number of anilines is 1. The SMILES string of the molecule is CN(C1CC2(C1)CN(c1ncnn3c(Cl)cnc13)C2)S(N)(=O)=O. The summed E-state index contributed by atoms with van der Waals surface area (Å²) in [4.78, 5) is 10.7. The third-order valence-corrected chi connectivity index (χ3v) is 6.21. The summed E-state index contributed by atoms with van der Waals surface area (Å²) in [5.41, 5.74) is 0.770. The molecule has 0 unspecified atom stereocenters. The highest BCUT2D eigenvalue weighted by molar-refractivity contribution is 7.86. The summed E-state index contributed by atoms with van der Waals surface area (Å²) in [6.45, 7) is 1.64. The summed E-state index contributed by atoms with van der Waals surface area (Å²) in [5.74, 6) is 0.751. The molecular weight excluding hydrogens is 342 g/mol. The zero-order valence-corrected chi connectivity index (χ0v) is 14.0. The van der Waals surface area contributed by atoms with Gasteiger partial charge in [-0.25, -0.2) is 15.1 Å². The number of fused-ring (bicyclic) bond motifs is 1. The fourth-order valence-corrected chi connectivity index (χ4v) is 4.31. The van der Waals surface area contributed by atoms with E-state index in [1.54, 1.807) is 10.7 Å². The van der Waals surface area contributed by atoms with Crippen molar-refractivity contribution in [2.24, 2.45) is 10.6 Å². The predicted octanol–water partition coefficient (Wildman–Crippen LogP) is -0.118. The molecule has 1 spiro atoms. The second-order valence-electron chi connectivity index (χ2n) is 6.38. The number of hydrogen-bond acceptors (Lipinski definition) is 6. The molecule has 4 rings (SSSR count). The highest BCUT2D eigenvalue weighted by Crippen LogP contribution is 2.51. The van der Waals surface area contributed by atoms with Crippen LogP contribution < -0.4 is 10.0 Å². The first kappa shape index (κ1) is 15.1. The number of rotatable bonds is 3. The van der Waals surface area contributed by atoms with Gasteiger partial charge in [-0.3, -0.25) is 0 Å². The molecule has 0 bridgehead atoms. The number of hydrogen-bond donors (Lipinski definition) is 1. The van der Waals surface area contributed by atoms with Crippen LogP contribution >= 0.6 is 11.6 Å². The van der Waals surface area contributed by atoms with Gasteiger partial charge in [-0.15, -0.1) is 0 Å². The second kappa shape index (κ2) is 4.76. The van der Waals surface area contributed by atoms with Crippen molar-refractivity contribution >= 4 is 33.3 Å². The first-order chi connectivity index (χ1) is 10.8. The molecule has 0 amide bonds. The summed E-state index contributed by atoms with van der Waals surface area (Å²) < 4.78 is 25.6. The van der Waals surface area contributed by atoms with Crippen molar-refractivity contribution in [1.29, 1.82) is 0 Å². The third-order valence-electron chi connectivity index (χ3n) is 4.85. The molecule has 1 saturated heterocycles. The quantitative estimate of drug-likeness (QED) is 0.820. The number of imidazole rings is 1. The Morgan fingerprint density at radius 3 is 2.74 bits per heavy atom. The molecule has 2 aromatic heterocycles. The van der Waals surface area contributed by atoms with Crippen LogP contribution in [0.15, 0.2) is 12.5 Å². The van der Waals surface area contributed by atoms with Crippen LogP contribution in [0.5, 0.6) is 0 Å². The van der Waals surface area contributed by atoms with Crippen LogP contribution in [0.25, 0.3) is 5.65 Å². The van der Waals surface area contributed by atoms with Crippen molar-refractivity contribution in [3.8, 4) is 0 Å². The van der Waals surface area contributed by atoms with Gasteiger partial charge in [0, 0.05) is 31.6 Å². The molecule has 0 atom stereocenters. The molecule has 1 aliphatic heterocycles. The van der Waals surface area contributed by atoms with Gasteiger partial charge in [0.1, 0.15) is 6.33 Å². The van der Waals surface area contributed by atoms with Gasteiger partial charge in [-0.1, -0.05) is 11.6 Å². The fraction of sp³-hybridized carbons (Fsp3) is 0.583. The van der Waals surface area contributed by atoms with Crippen molar-refractivity contribution in [3.63, 3.8) is 0 Å². The molecule has 11 heteroatoms. The maximum atomic E-state index is 11.4. The number of aromatic nitrogens is 4. The van der Waals surface area contributed by atoms with E-state index in [1.807, 2.05) is 0 Å². The zero-order chi connectivity index (χ0) is 16.4. The van der Waals surface area contributed by atoms with Crippen LogP contribution in [-0.2, 0) is 10.2 Å². The van der Waals surface area contributed by atoms with Crippen molar-refractivity contribution in [1.82, 2.24) is 23.9 Å². The Labute approximate surface area is 138 Å². The largest absolute Gasteiger partial charge is 0.352 e. The number of nitrogens with two attached hydrogens (primary N) is 1. The topological polar surface area (TPSA) is 110 Å². The predicted molar refractivity (Wildman–Crippen MR) is 84.3 cm³/mol. The first-order valence-corrected chi connectivity index (χ1v) is 9.02. The van der Waals surface area contributed by atoms with Crippen LogP contribution in [0.2, 0.25) is 5.15 Å². The average molecular weight is 358 g/mol. The lowest BCUT2D eigenvalue weighted by atomic mass is 9.60. The second-order valence-corrected chi connectivity index (χ2v) is 8.37. The summed E-state index contributed by atoms with van der Waals surface area (Å²) >= 11 is 6.02. The normalized spacial score (nSPS) is 21.0. The summed E-state index contributed by atoms with van der Waals surface area (Å²) in [6.07, 6.45) is 4.63. The Balaban J connectivity index is 1.47. The van der Waals surface area contributed by atoms with Crippen molar-refractivity contribution in [2.45, 2.75) is 18.9 Å². The van der Waals surface area contributed by atoms with E-state index in [0.29, 0.717) is 10.8 Å². The molecule has 23 heavy (non-hydrogen) atoms. The Kier molecular flexibility index (Phi) is 3.12. The average Bonchev–Trinajstić information content (AvgIpc) is 2.77. The molecule has 9 nitrogen and oxygen atoms in total. The molecule has 2 aliphatic rings. The monoisotopic (exact) mass is 357 g/mol. The van der Waals surface area contributed by atoms with Crippen molar-refractivity contribution in [3.05, 3.63) is 17.7 Å². The highest BCUT2D eigenvalue weighted by Gasteiger charge is 2.55. The van der Waals surface area contributed by atoms with Crippen LogP contribution in [0.1, 0.15) is 12.8 Å². The molecule has 1 aliphatic carbocycles. The minimum atomic E-state index is -3.62. The van der Waals surface area contributed by atoms with E-state index in [9.17, 15) is 8.42 Å². The molecule has 2 aromatic rings. The molecule has 124 valence electrons. The fourth-order valence-electron chi connectivity index (χ4n) is 3.58. The van der Waals surface area contributed by atoms with Gasteiger partial charge in [0.05, 0.1) is 6.20 Å². The maximum Gasteiger partial charge on any atom is 0.276 e.